The molecule has 4 heteroatoms. The van der Waals surface area contributed by atoms with Crippen molar-refractivity contribution < 1.29 is 4.92 Å². The molecule has 0 aliphatic heterocycles. The molecule has 0 spiro atoms. The number of hydrogen-bond donors (Lipinski definition) is 1. The fourth-order valence-corrected chi connectivity index (χ4v) is 3.35. The number of nitro benzene ring substituents is 1. The van der Waals surface area contributed by atoms with E-state index in [1.165, 1.54) is 25.7 Å². The molecule has 110 valence electrons. The van der Waals surface area contributed by atoms with E-state index in [1.807, 2.05) is 12.1 Å². The maximum Gasteiger partial charge on any atom is 0.269 e. The second kappa shape index (κ2) is 6.84. The molecule has 0 saturated heterocycles. The number of nitrogens with two attached hydrogens (primary N) is 1. The summed E-state index contributed by atoms with van der Waals surface area (Å²) in [4.78, 5) is 10.3. The smallest absolute Gasteiger partial charge is 0.269 e. The van der Waals surface area contributed by atoms with E-state index in [2.05, 4.69) is 6.92 Å². The molecule has 2 N–H and O–H groups in total. The van der Waals surface area contributed by atoms with Crippen LogP contribution < -0.4 is 5.73 Å². The van der Waals surface area contributed by atoms with Crippen molar-refractivity contribution in [2.24, 2.45) is 17.6 Å². The van der Waals surface area contributed by atoms with Crippen LogP contribution in [0.2, 0.25) is 0 Å². The summed E-state index contributed by atoms with van der Waals surface area (Å²) in [7, 11) is 0. The quantitative estimate of drug-likeness (QED) is 0.658. The number of benzene rings is 1. The van der Waals surface area contributed by atoms with Gasteiger partial charge in [-0.25, -0.2) is 0 Å². The monoisotopic (exact) mass is 276 g/mol. The van der Waals surface area contributed by atoms with Gasteiger partial charge in [0.25, 0.3) is 5.69 Å². The lowest BCUT2D eigenvalue weighted by molar-refractivity contribution is -0.384. The Morgan fingerprint density at radius 2 is 2.00 bits per heavy atom. The zero-order valence-corrected chi connectivity index (χ0v) is 12.1. The largest absolute Gasteiger partial charge is 0.327 e. The molecule has 0 radical (unpaired) electrons. The molecule has 3 atom stereocenters. The molecule has 2 rings (SSSR count). The maximum absolute atomic E-state index is 10.7. The second-order valence-corrected chi connectivity index (χ2v) is 6.02. The maximum atomic E-state index is 10.7. The predicted molar refractivity (Wildman–Crippen MR) is 80.5 cm³/mol. The summed E-state index contributed by atoms with van der Waals surface area (Å²) in [5.41, 5.74) is 7.57. The normalized spacial score (nSPS) is 26.4. The first-order chi connectivity index (χ1) is 9.60. The van der Waals surface area contributed by atoms with Gasteiger partial charge < -0.3 is 5.73 Å². The molecule has 0 bridgehead atoms. The molecular formula is C16H24N2O2. The van der Waals surface area contributed by atoms with Gasteiger partial charge in [-0.2, -0.15) is 0 Å². The summed E-state index contributed by atoms with van der Waals surface area (Å²) in [5.74, 6) is 1.32. The van der Waals surface area contributed by atoms with Crippen molar-refractivity contribution in [1.82, 2.24) is 0 Å². The van der Waals surface area contributed by atoms with Crippen LogP contribution in [0.1, 0.15) is 44.6 Å². The third-order valence-corrected chi connectivity index (χ3v) is 4.49. The number of non-ortho nitro benzene ring substituents is 1. The Morgan fingerprint density at radius 3 is 2.60 bits per heavy atom. The Hall–Kier alpha value is -1.42. The zero-order valence-electron chi connectivity index (χ0n) is 12.1. The SMILES string of the molecule is CCCC1CCC(N)C(Cc2ccc([N+](=O)[O-])cc2)C1. The highest BCUT2D eigenvalue weighted by molar-refractivity contribution is 5.33. The average Bonchev–Trinajstić information content (AvgIpc) is 2.43. The van der Waals surface area contributed by atoms with Crippen LogP contribution in [-0.4, -0.2) is 11.0 Å². The summed E-state index contributed by atoms with van der Waals surface area (Å²) in [6.07, 6.45) is 7.05. The highest BCUT2D eigenvalue weighted by atomic mass is 16.6. The van der Waals surface area contributed by atoms with Crippen molar-refractivity contribution in [3.63, 3.8) is 0 Å². The Labute approximate surface area is 120 Å². The number of rotatable bonds is 5. The Bertz CT molecular complexity index is 444. The van der Waals surface area contributed by atoms with E-state index < -0.39 is 0 Å². The second-order valence-electron chi connectivity index (χ2n) is 6.02. The molecule has 0 aromatic heterocycles. The highest BCUT2D eigenvalue weighted by Crippen LogP contribution is 2.33. The lowest BCUT2D eigenvalue weighted by Gasteiger charge is -2.34. The minimum absolute atomic E-state index is 0.158. The van der Waals surface area contributed by atoms with Crippen LogP contribution in [0, 0.1) is 22.0 Å². The predicted octanol–water partition coefficient (Wildman–Crippen LogP) is 3.68. The van der Waals surface area contributed by atoms with Gasteiger partial charge in [0, 0.05) is 18.2 Å². The van der Waals surface area contributed by atoms with Gasteiger partial charge in [-0.1, -0.05) is 31.9 Å². The molecule has 3 unspecified atom stereocenters. The molecule has 1 aromatic carbocycles. The van der Waals surface area contributed by atoms with Gasteiger partial charge in [0.1, 0.15) is 0 Å². The molecule has 1 aliphatic rings. The molecular weight excluding hydrogens is 252 g/mol. The number of nitrogens with zero attached hydrogens (tertiary/aromatic N) is 1. The average molecular weight is 276 g/mol. The first kappa shape index (κ1) is 15.0. The van der Waals surface area contributed by atoms with Gasteiger partial charge in [-0.15, -0.1) is 0 Å². The van der Waals surface area contributed by atoms with Gasteiger partial charge in [0.2, 0.25) is 0 Å². The molecule has 1 aliphatic carbocycles. The van der Waals surface area contributed by atoms with E-state index >= 15 is 0 Å². The van der Waals surface area contributed by atoms with Crippen LogP contribution in [0.25, 0.3) is 0 Å². The van der Waals surface area contributed by atoms with Crippen LogP contribution in [0.4, 0.5) is 5.69 Å². The van der Waals surface area contributed by atoms with Gasteiger partial charge >= 0.3 is 0 Å². The summed E-state index contributed by atoms with van der Waals surface area (Å²) in [6.45, 7) is 2.24. The van der Waals surface area contributed by atoms with Gasteiger partial charge in [-0.3, -0.25) is 10.1 Å². The Balaban J connectivity index is 1.98. The number of nitro groups is 1. The first-order valence-electron chi connectivity index (χ1n) is 7.59. The molecule has 4 nitrogen and oxygen atoms in total. The van der Waals surface area contributed by atoms with E-state index in [1.54, 1.807) is 12.1 Å². The van der Waals surface area contributed by atoms with Crippen molar-refractivity contribution in [2.75, 3.05) is 0 Å². The molecule has 20 heavy (non-hydrogen) atoms. The molecule has 0 heterocycles. The van der Waals surface area contributed by atoms with Crippen LogP contribution in [0.3, 0.4) is 0 Å². The van der Waals surface area contributed by atoms with Gasteiger partial charge in [-0.05, 0) is 43.1 Å². The summed E-state index contributed by atoms with van der Waals surface area (Å²) in [5, 5.41) is 10.7. The minimum Gasteiger partial charge on any atom is -0.327 e. The van der Waals surface area contributed by atoms with Crippen molar-refractivity contribution in [1.29, 1.82) is 0 Å². The Kier molecular flexibility index (Phi) is 5.12. The third kappa shape index (κ3) is 3.79. The van der Waals surface area contributed by atoms with E-state index in [0.29, 0.717) is 5.92 Å². The fourth-order valence-electron chi connectivity index (χ4n) is 3.35. The van der Waals surface area contributed by atoms with Crippen molar-refractivity contribution in [2.45, 2.75) is 51.5 Å². The van der Waals surface area contributed by atoms with Crippen LogP contribution in [0.15, 0.2) is 24.3 Å². The molecule has 1 aromatic rings. The lowest BCUT2D eigenvalue weighted by Crippen LogP contribution is -2.37. The lowest BCUT2D eigenvalue weighted by atomic mass is 9.74. The van der Waals surface area contributed by atoms with E-state index in [4.69, 9.17) is 5.73 Å². The summed E-state index contributed by atoms with van der Waals surface area (Å²) in [6, 6.07) is 7.20. The molecule has 1 saturated carbocycles. The van der Waals surface area contributed by atoms with E-state index in [9.17, 15) is 10.1 Å². The van der Waals surface area contributed by atoms with Crippen molar-refractivity contribution in [3.8, 4) is 0 Å². The van der Waals surface area contributed by atoms with Crippen LogP contribution in [-0.2, 0) is 6.42 Å². The van der Waals surface area contributed by atoms with Gasteiger partial charge in [0.15, 0.2) is 0 Å². The third-order valence-electron chi connectivity index (χ3n) is 4.49. The number of hydrogen-bond acceptors (Lipinski definition) is 3. The van der Waals surface area contributed by atoms with E-state index in [-0.39, 0.29) is 16.7 Å². The standard InChI is InChI=1S/C16H24N2O2/c1-2-3-12-6-9-16(17)14(10-12)11-13-4-7-15(8-5-13)18(19)20/h4-5,7-8,12,14,16H,2-3,6,9-11,17H2,1H3. The summed E-state index contributed by atoms with van der Waals surface area (Å²) < 4.78 is 0. The topological polar surface area (TPSA) is 69.2 Å². The molecule has 0 amide bonds. The minimum atomic E-state index is -0.354. The Morgan fingerprint density at radius 1 is 1.30 bits per heavy atom. The van der Waals surface area contributed by atoms with Crippen LogP contribution in [0.5, 0.6) is 0 Å². The van der Waals surface area contributed by atoms with Crippen molar-refractivity contribution >= 4 is 5.69 Å². The fraction of sp³-hybridized carbons (Fsp3) is 0.625. The zero-order chi connectivity index (χ0) is 14.5. The van der Waals surface area contributed by atoms with Gasteiger partial charge in [0.05, 0.1) is 4.92 Å². The first-order valence-corrected chi connectivity index (χ1v) is 7.59. The highest BCUT2D eigenvalue weighted by Gasteiger charge is 2.27. The van der Waals surface area contributed by atoms with Crippen LogP contribution >= 0.6 is 0 Å². The molecule has 1 fully saturated rings. The van der Waals surface area contributed by atoms with Crippen molar-refractivity contribution in [3.05, 3.63) is 39.9 Å². The summed E-state index contributed by atoms with van der Waals surface area (Å²) >= 11 is 0. The van der Waals surface area contributed by atoms with E-state index in [0.717, 1.165) is 24.3 Å².